The molecule has 3 N–H and O–H groups in total. The van der Waals surface area contributed by atoms with E-state index in [0.717, 1.165) is 102 Å². The van der Waals surface area contributed by atoms with E-state index in [1.54, 1.807) is 12.2 Å². The second kappa shape index (κ2) is 22.5. The highest BCUT2D eigenvalue weighted by Crippen LogP contribution is 2.38. The first-order valence-corrected chi connectivity index (χ1v) is 25.3. The molecular formula is C60H72N4O7. The van der Waals surface area contributed by atoms with E-state index in [9.17, 15) is 19.2 Å². The summed E-state index contributed by atoms with van der Waals surface area (Å²) in [5.41, 5.74) is 12.4. The molecule has 8 rings (SSSR count). The maximum absolute atomic E-state index is 13.5. The van der Waals surface area contributed by atoms with Gasteiger partial charge in [0, 0.05) is 58.8 Å². The zero-order valence-corrected chi connectivity index (χ0v) is 43.1. The molecule has 0 spiro atoms. The molecule has 2 aliphatic carbocycles. The number of hydrogen-bond acceptors (Lipinski definition) is 6. The minimum absolute atomic E-state index is 0.0376. The summed E-state index contributed by atoms with van der Waals surface area (Å²) in [4.78, 5) is 60.3. The number of ketones is 1. The number of nitrogens with zero attached hydrogens (tertiary/aromatic N) is 2. The smallest absolute Gasteiger partial charge is 0.410 e. The Morgan fingerprint density at radius 1 is 0.634 bits per heavy atom. The van der Waals surface area contributed by atoms with E-state index in [2.05, 4.69) is 66.3 Å². The number of carboxylic acids is 1. The van der Waals surface area contributed by atoms with Gasteiger partial charge in [0.1, 0.15) is 11.2 Å². The number of hydrogen-bond donors (Lipinski definition) is 3. The molecule has 0 saturated heterocycles. The Morgan fingerprint density at radius 2 is 1.06 bits per heavy atom. The monoisotopic (exact) mass is 961 g/mol. The third-order valence-electron chi connectivity index (χ3n) is 13.4. The van der Waals surface area contributed by atoms with Crippen molar-refractivity contribution in [1.82, 2.24) is 19.8 Å². The van der Waals surface area contributed by atoms with Gasteiger partial charge in [-0.1, -0.05) is 85.8 Å². The third kappa shape index (κ3) is 13.3. The summed E-state index contributed by atoms with van der Waals surface area (Å²) in [6, 6.07) is 28.8. The molecular weight excluding hydrogens is 889 g/mol. The number of para-hydroxylation sites is 2. The molecule has 6 aromatic rings. The number of aliphatic carboxylic acids is 1. The highest BCUT2D eigenvalue weighted by molar-refractivity contribution is 5.93. The lowest BCUT2D eigenvalue weighted by molar-refractivity contribution is -0.131. The number of benzene rings is 4. The van der Waals surface area contributed by atoms with Crippen LogP contribution in [0.4, 0.5) is 9.59 Å². The third-order valence-corrected chi connectivity index (χ3v) is 13.4. The van der Waals surface area contributed by atoms with Gasteiger partial charge in [-0.15, -0.1) is 0 Å². The zero-order valence-electron chi connectivity index (χ0n) is 43.1. The van der Waals surface area contributed by atoms with E-state index in [1.807, 2.05) is 107 Å². The first-order valence-electron chi connectivity index (χ1n) is 25.3. The number of carbonyl (C=O) groups excluding carboxylic acids is 3. The van der Waals surface area contributed by atoms with Gasteiger partial charge < -0.3 is 34.3 Å². The van der Waals surface area contributed by atoms with Crippen molar-refractivity contribution >= 4 is 57.9 Å². The summed E-state index contributed by atoms with van der Waals surface area (Å²) >= 11 is 0. The normalized spacial score (nSPS) is 15.8. The van der Waals surface area contributed by atoms with E-state index >= 15 is 0 Å². The van der Waals surface area contributed by atoms with Gasteiger partial charge in [-0.2, -0.15) is 0 Å². The van der Waals surface area contributed by atoms with Crippen molar-refractivity contribution in [3.63, 3.8) is 0 Å². The number of H-pyrrole nitrogens is 2. The van der Waals surface area contributed by atoms with Crippen LogP contribution in [-0.4, -0.2) is 73.1 Å². The fourth-order valence-electron chi connectivity index (χ4n) is 10.1. The lowest BCUT2D eigenvalue weighted by atomic mass is 9.85. The molecule has 2 atom stereocenters. The van der Waals surface area contributed by atoms with Crippen molar-refractivity contribution in [3.8, 4) is 0 Å². The molecule has 2 unspecified atom stereocenters. The highest BCUT2D eigenvalue weighted by Gasteiger charge is 2.34. The largest absolute Gasteiger partial charge is 0.478 e. The quantitative estimate of drug-likeness (QED) is 0.0977. The Kier molecular flexibility index (Phi) is 16.4. The second-order valence-corrected chi connectivity index (χ2v) is 21.0. The fraction of sp³-hybridized carbons (Fsp3) is 0.400. The topological polar surface area (TPSA) is 145 Å². The van der Waals surface area contributed by atoms with Gasteiger partial charge in [-0.3, -0.25) is 4.79 Å². The number of aryl methyl sites for hydroxylation is 4. The first kappa shape index (κ1) is 52.0. The number of ether oxygens (including phenoxy) is 2. The van der Waals surface area contributed by atoms with Gasteiger partial charge in [-0.25, -0.2) is 14.4 Å². The van der Waals surface area contributed by atoms with E-state index in [4.69, 9.17) is 14.6 Å². The van der Waals surface area contributed by atoms with Crippen LogP contribution in [-0.2, 0) is 44.7 Å². The van der Waals surface area contributed by atoms with Crippen LogP contribution in [0.1, 0.15) is 149 Å². The molecule has 11 heteroatoms. The molecule has 374 valence electrons. The van der Waals surface area contributed by atoms with E-state index in [0.29, 0.717) is 19.5 Å². The average molecular weight is 961 g/mol. The predicted octanol–water partition coefficient (Wildman–Crippen LogP) is 13.8. The molecule has 11 nitrogen and oxygen atoms in total. The van der Waals surface area contributed by atoms with E-state index < -0.39 is 17.2 Å². The number of rotatable bonds is 13. The molecule has 2 heterocycles. The Labute approximate surface area is 419 Å². The summed E-state index contributed by atoms with van der Waals surface area (Å²) in [6.07, 6.45) is 13.3. The van der Waals surface area contributed by atoms with E-state index in [1.165, 1.54) is 33.0 Å². The molecule has 4 aromatic carbocycles. The maximum Gasteiger partial charge on any atom is 0.410 e. The minimum atomic E-state index is -0.968. The van der Waals surface area contributed by atoms with Gasteiger partial charge in [0.05, 0.1) is 12.1 Å². The van der Waals surface area contributed by atoms with Crippen LogP contribution in [0, 0.1) is 13.8 Å². The number of aromatic amines is 2. The first-order chi connectivity index (χ1) is 33.8. The van der Waals surface area contributed by atoms with Crippen molar-refractivity contribution in [2.24, 2.45) is 0 Å². The summed E-state index contributed by atoms with van der Waals surface area (Å²) in [6.45, 7) is 18.6. The molecule has 2 amide bonds. The Balaban J connectivity index is 0.000000209. The molecule has 0 fully saturated rings. The molecule has 2 aliphatic rings. The Morgan fingerprint density at radius 3 is 1.46 bits per heavy atom. The molecule has 0 saturated carbocycles. The number of carboxylic acid groups (broad SMARTS) is 1. The molecule has 0 aliphatic heterocycles. The molecule has 71 heavy (non-hydrogen) atoms. The number of allylic oxidation sites excluding steroid dienone is 1. The van der Waals surface area contributed by atoms with E-state index in [-0.39, 0.29) is 30.1 Å². The zero-order chi connectivity index (χ0) is 51.0. The van der Waals surface area contributed by atoms with Crippen LogP contribution in [0.5, 0.6) is 0 Å². The van der Waals surface area contributed by atoms with Crippen LogP contribution in [0.2, 0.25) is 0 Å². The van der Waals surface area contributed by atoms with Crippen LogP contribution < -0.4 is 0 Å². The maximum atomic E-state index is 13.5. The van der Waals surface area contributed by atoms with Crippen molar-refractivity contribution < 1.29 is 33.8 Å². The lowest BCUT2D eigenvalue weighted by Crippen LogP contribution is -2.41. The van der Waals surface area contributed by atoms with Gasteiger partial charge in [0.25, 0.3) is 0 Å². The summed E-state index contributed by atoms with van der Waals surface area (Å²) in [5, 5.41) is 11.4. The SMILES string of the molecule is CCC(=O)/C=C/c1ccc2c(c1)CCCC2N(CCc1c(C)[nH]c2ccccc12)C(=O)OC(C)(C)C.Cc1[nH]c2ccccc2c1CCN(C(=O)OC(C)(C)C)C1CCCc2cc(/C=C/C(=O)O)ccc21. The Bertz CT molecular complexity index is 2940. The second-order valence-electron chi connectivity index (χ2n) is 21.0. The van der Waals surface area contributed by atoms with Crippen LogP contribution in [0.3, 0.4) is 0 Å². The number of fused-ring (bicyclic) bond motifs is 4. The van der Waals surface area contributed by atoms with Crippen LogP contribution >= 0.6 is 0 Å². The van der Waals surface area contributed by atoms with Crippen molar-refractivity contribution in [2.45, 2.75) is 143 Å². The van der Waals surface area contributed by atoms with Gasteiger partial charge in [-0.05, 0) is 176 Å². The lowest BCUT2D eigenvalue weighted by Gasteiger charge is -2.37. The molecule has 2 aromatic heterocycles. The van der Waals surface area contributed by atoms with Gasteiger partial charge in [0.2, 0.25) is 0 Å². The highest BCUT2D eigenvalue weighted by atomic mass is 16.6. The van der Waals surface area contributed by atoms with Gasteiger partial charge in [0.15, 0.2) is 5.78 Å². The molecule has 0 bridgehead atoms. The number of carbonyl (C=O) groups is 4. The van der Waals surface area contributed by atoms with Crippen LogP contribution in [0.15, 0.2) is 97.1 Å². The predicted molar refractivity (Wildman–Crippen MR) is 285 cm³/mol. The number of aromatic nitrogens is 2. The van der Waals surface area contributed by atoms with Crippen molar-refractivity contribution in [3.05, 3.63) is 153 Å². The van der Waals surface area contributed by atoms with Crippen molar-refractivity contribution in [2.75, 3.05) is 13.1 Å². The van der Waals surface area contributed by atoms with Gasteiger partial charge >= 0.3 is 18.2 Å². The number of amides is 2. The Hall–Kier alpha value is -6.88. The molecule has 0 radical (unpaired) electrons. The summed E-state index contributed by atoms with van der Waals surface area (Å²) in [5.74, 6) is -0.849. The summed E-state index contributed by atoms with van der Waals surface area (Å²) in [7, 11) is 0. The summed E-state index contributed by atoms with van der Waals surface area (Å²) < 4.78 is 11.7. The standard InChI is InChI=1S/C31H38N2O3.C29H34N2O4/c1-6-24(34)16-14-22-15-17-26-23(20-22)10-9-13-29(26)33(30(35)36-31(3,4)5)19-18-25-21(2)32-28-12-8-7-11-27(25)28;1-19-22(24-9-5-6-10-25(24)30-19)16-17-31(28(34)35-29(2,3)4)26-11-7-8-21-18-20(12-14-23(21)26)13-15-27(32)33/h7-8,11-12,14-17,20,29,32H,6,9-10,13,18-19H2,1-5H3;5-6,9-10,12-15,18,26,30H,7-8,11,16-17H2,1-4H3,(H,32,33)/b16-14+;15-13+. The minimum Gasteiger partial charge on any atom is -0.478 e. The van der Waals surface area contributed by atoms with Crippen molar-refractivity contribution in [1.29, 1.82) is 0 Å². The fourth-order valence-corrected chi connectivity index (χ4v) is 10.1. The van der Waals surface area contributed by atoms with Crippen LogP contribution in [0.25, 0.3) is 34.0 Å². The number of nitrogens with one attached hydrogen (secondary N) is 2. The average Bonchev–Trinajstić information content (AvgIpc) is 3.82.